The second kappa shape index (κ2) is 12.7. The molecule has 0 radical (unpaired) electrons. The quantitative estimate of drug-likeness (QED) is 0.582. The van der Waals surface area contributed by atoms with Crippen LogP contribution in [0.2, 0.25) is 0 Å². The number of nitrogens with one attached hydrogen (secondary N) is 1. The maximum atomic E-state index is 12.0. The van der Waals surface area contributed by atoms with Gasteiger partial charge in [-0.2, -0.15) is 5.26 Å². The van der Waals surface area contributed by atoms with Gasteiger partial charge in [0.1, 0.15) is 6.07 Å². The molecule has 6 nitrogen and oxygen atoms in total. The molecule has 0 atom stereocenters. The SMILES string of the molecule is CCN(C)CCCC(=C/C=C/NC(=O)c1ccc(C#N)o1)/C=C/N1CCC(C)CC1. The first-order chi connectivity index (χ1) is 14.5. The van der Waals surface area contributed by atoms with E-state index in [9.17, 15) is 4.79 Å². The molecular weight excluding hydrogens is 376 g/mol. The number of allylic oxidation sites excluding steroid dienone is 4. The van der Waals surface area contributed by atoms with Gasteiger partial charge in [-0.1, -0.05) is 19.9 Å². The minimum atomic E-state index is -0.370. The summed E-state index contributed by atoms with van der Waals surface area (Å²) in [4.78, 5) is 16.7. The zero-order valence-electron chi connectivity index (χ0n) is 18.4. The number of nitrogens with zero attached hydrogens (tertiary/aromatic N) is 3. The topological polar surface area (TPSA) is 72.5 Å². The summed E-state index contributed by atoms with van der Waals surface area (Å²) < 4.78 is 5.13. The van der Waals surface area contributed by atoms with E-state index in [4.69, 9.17) is 9.68 Å². The van der Waals surface area contributed by atoms with Crippen LogP contribution in [0.4, 0.5) is 0 Å². The Morgan fingerprint density at radius 1 is 1.40 bits per heavy atom. The number of carbonyl (C=O) groups excluding carboxylic acids is 1. The van der Waals surface area contributed by atoms with E-state index in [0.717, 1.165) is 44.9 Å². The Kier molecular flexibility index (Phi) is 9.96. The fourth-order valence-electron chi connectivity index (χ4n) is 3.20. The van der Waals surface area contributed by atoms with Gasteiger partial charge in [0.25, 0.3) is 5.91 Å². The molecule has 0 spiro atoms. The standard InChI is InChI=1S/C24H34N4O2/c1-4-27(3)15-6-8-21(13-18-28-16-11-20(2)12-17-28)7-5-14-26-24(29)23-10-9-22(19-25)30-23/h5,7,9-10,13-14,18,20H,4,6,8,11-12,15-17H2,1-3H3,(H,26,29)/b14-5+,18-13+,21-7-. The summed E-state index contributed by atoms with van der Waals surface area (Å²) in [6, 6.07) is 4.85. The van der Waals surface area contributed by atoms with Gasteiger partial charge in [-0.15, -0.1) is 0 Å². The molecule has 1 amide bonds. The van der Waals surface area contributed by atoms with Crippen molar-refractivity contribution in [3.05, 3.63) is 59.9 Å². The highest BCUT2D eigenvalue weighted by atomic mass is 16.3. The lowest BCUT2D eigenvalue weighted by Gasteiger charge is -2.29. The molecule has 1 saturated heterocycles. The molecule has 0 unspecified atom stereocenters. The Hall–Kier alpha value is -2.78. The summed E-state index contributed by atoms with van der Waals surface area (Å²) in [6.45, 7) is 8.82. The second-order valence-corrected chi connectivity index (χ2v) is 7.88. The fraction of sp³-hybridized carbons (Fsp3) is 0.500. The molecular formula is C24H34N4O2. The number of piperidine rings is 1. The molecule has 1 aliphatic heterocycles. The number of amides is 1. The van der Waals surface area contributed by atoms with Gasteiger partial charge in [0.15, 0.2) is 5.76 Å². The summed E-state index contributed by atoms with van der Waals surface area (Å²) >= 11 is 0. The summed E-state index contributed by atoms with van der Waals surface area (Å²) in [5, 5.41) is 11.5. The van der Waals surface area contributed by atoms with Gasteiger partial charge < -0.3 is 19.5 Å². The van der Waals surface area contributed by atoms with Crippen molar-refractivity contribution < 1.29 is 9.21 Å². The van der Waals surface area contributed by atoms with Crippen LogP contribution in [0.5, 0.6) is 0 Å². The Bertz CT molecular complexity index is 792. The third-order valence-corrected chi connectivity index (χ3v) is 5.42. The largest absolute Gasteiger partial charge is 0.440 e. The van der Waals surface area contributed by atoms with Gasteiger partial charge in [0.05, 0.1) is 0 Å². The highest BCUT2D eigenvalue weighted by Crippen LogP contribution is 2.17. The number of carbonyl (C=O) groups is 1. The first-order valence-corrected chi connectivity index (χ1v) is 10.8. The number of rotatable bonds is 10. The smallest absolute Gasteiger partial charge is 0.290 e. The summed E-state index contributed by atoms with van der Waals surface area (Å²) in [6.07, 6.45) is 14.4. The van der Waals surface area contributed by atoms with Gasteiger partial charge in [-0.05, 0) is 87.8 Å². The number of nitriles is 1. The van der Waals surface area contributed by atoms with E-state index in [1.807, 2.05) is 18.2 Å². The summed E-state index contributed by atoms with van der Waals surface area (Å²) in [7, 11) is 2.13. The molecule has 162 valence electrons. The van der Waals surface area contributed by atoms with Crippen molar-refractivity contribution in [2.45, 2.75) is 39.5 Å². The lowest BCUT2D eigenvalue weighted by molar-refractivity contribution is 0.0942. The van der Waals surface area contributed by atoms with Crippen molar-refractivity contribution in [3.8, 4) is 6.07 Å². The highest BCUT2D eigenvalue weighted by Gasteiger charge is 2.12. The van der Waals surface area contributed by atoms with Crippen LogP contribution >= 0.6 is 0 Å². The first kappa shape index (κ1) is 23.5. The molecule has 0 bridgehead atoms. The normalized spacial score (nSPS) is 16.0. The second-order valence-electron chi connectivity index (χ2n) is 7.88. The highest BCUT2D eigenvalue weighted by molar-refractivity contribution is 5.92. The van der Waals surface area contributed by atoms with Crippen LogP contribution < -0.4 is 5.32 Å². The molecule has 1 N–H and O–H groups in total. The third-order valence-electron chi connectivity index (χ3n) is 5.42. The number of furan rings is 1. The third kappa shape index (κ3) is 8.30. The zero-order chi connectivity index (χ0) is 21.8. The van der Waals surface area contributed by atoms with Gasteiger partial charge >= 0.3 is 0 Å². The minimum absolute atomic E-state index is 0.126. The van der Waals surface area contributed by atoms with Crippen molar-refractivity contribution in [1.29, 1.82) is 5.26 Å². The van der Waals surface area contributed by atoms with E-state index >= 15 is 0 Å². The van der Waals surface area contributed by atoms with Crippen LogP contribution in [0.25, 0.3) is 0 Å². The van der Waals surface area contributed by atoms with Crippen LogP contribution in [0, 0.1) is 17.2 Å². The van der Waals surface area contributed by atoms with Crippen LogP contribution in [-0.4, -0.2) is 48.9 Å². The molecule has 0 aliphatic carbocycles. The Morgan fingerprint density at radius 3 is 2.83 bits per heavy atom. The Morgan fingerprint density at radius 2 is 2.17 bits per heavy atom. The lowest BCUT2D eigenvalue weighted by Crippen LogP contribution is -2.28. The Balaban J connectivity index is 1.93. The maximum absolute atomic E-state index is 12.0. The molecule has 30 heavy (non-hydrogen) atoms. The number of hydrogen-bond donors (Lipinski definition) is 1. The van der Waals surface area contributed by atoms with Crippen LogP contribution in [0.3, 0.4) is 0 Å². The van der Waals surface area contributed by atoms with Crippen molar-refractivity contribution in [3.63, 3.8) is 0 Å². The minimum Gasteiger partial charge on any atom is -0.440 e. The predicted molar refractivity (Wildman–Crippen MR) is 120 cm³/mol. The molecule has 2 heterocycles. The van der Waals surface area contributed by atoms with Crippen molar-refractivity contribution >= 4 is 5.91 Å². The maximum Gasteiger partial charge on any atom is 0.290 e. The predicted octanol–water partition coefficient (Wildman–Crippen LogP) is 4.30. The zero-order valence-corrected chi connectivity index (χ0v) is 18.4. The van der Waals surface area contributed by atoms with E-state index < -0.39 is 0 Å². The number of hydrogen-bond acceptors (Lipinski definition) is 5. The summed E-state index contributed by atoms with van der Waals surface area (Å²) in [5.41, 5.74) is 1.23. The van der Waals surface area contributed by atoms with E-state index in [-0.39, 0.29) is 17.4 Å². The molecule has 0 aromatic carbocycles. The van der Waals surface area contributed by atoms with Crippen molar-refractivity contribution in [2.24, 2.45) is 5.92 Å². The van der Waals surface area contributed by atoms with Crippen molar-refractivity contribution in [2.75, 3.05) is 33.2 Å². The molecule has 1 fully saturated rings. The molecule has 1 aromatic heterocycles. The van der Waals surface area contributed by atoms with Gasteiger partial charge in [-0.3, -0.25) is 4.79 Å². The van der Waals surface area contributed by atoms with Crippen LogP contribution in [0.15, 0.2) is 52.8 Å². The van der Waals surface area contributed by atoms with E-state index in [1.54, 1.807) is 6.20 Å². The van der Waals surface area contributed by atoms with Crippen LogP contribution in [-0.2, 0) is 0 Å². The average molecular weight is 411 g/mol. The van der Waals surface area contributed by atoms with E-state index in [0.29, 0.717) is 0 Å². The average Bonchev–Trinajstić information content (AvgIpc) is 3.24. The lowest BCUT2D eigenvalue weighted by atomic mass is 9.99. The Labute approximate surface area is 180 Å². The van der Waals surface area contributed by atoms with Gasteiger partial charge in [0, 0.05) is 19.3 Å². The van der Waals surface area contributed by atoms with Crippen molar-refractivity contribution in [1.82, 2.24) is 15.1 Å². The first-order valence-electron chi connectivity index (χ1n) is 10.8. The molecule has 1 aromatic rings. The van der Waals surface area contributed by atoms with Crippen LogP contribution in [0.1, 0.15) is 55.8 Å². The molecule has 2 rings (SSSR count). The molecule has 1 aliphatic rings. The monoisotopic (exact) mass is 410 g/mol. The van der Waals surface area contributed by atoms with E-state index in [2.05, 4.69) is 48.3 Å². The van der Waals surface area contributed by atoms with Gasteiger partial charge in [-0.25, -0.2) is 0 Å². The fourth-order valence-corrected chi connectivity index (χ4v) is 3.20. The van der Waals surface area contributed by atoms with E-state index in [1.165, 1.54) is 30.5 Å². The van der Waals surface area contributed by atoms with Gasteiger partial charge in [0.2, 0.25) is 5.76 Å². The molecule has 0 saturated carbocycles. The molecule has 6 heteroatoms. The summed E-state index contributed by atoms with van der Waals surface area (Å²) in [5.74, 6) is 0.701. The number of likely N-dealkylation sites (tertiary alicyclic amines) is 1.